The molecule has 1 aliphatic heterocycles. The maximum Gasteiger partial charge on any atom is 0.407 e. The number of carbonyl (C=O) groups is 2. The van der Waals surface area contributed by atoms with Crippen molar-refractivity contribution in [3.63, 3.8) is 0 Å². The number of carboxylic acids is 1. The lowest BCUT2D eigenvalue weighted by Gasteiger charge is -2.29. The second-order valence-electron chi connectivity index (χ2n) is 8.71. The van der Waals surface area contributed by atoms with Crippen LogP contribution in [0.3, 0.4) is 0 Å². The van der Waals surface area contributed by atoms with Gasteiger partial charge in [0.15, 0.2) is 0 Å². The molecule has 1 fully saturated rings. The fourth-order valence-corrected chi connectivity index (χ4v) is 3.32. The summed E-state index contributed by atoms with van der Waals surface area (Å²) in [4.78, 5) is 30.2. The minimum Gasteiger partial charge on any atom is -0.481 e. The highest BCUT2D eigenvalue weighted by Crippen LogP contribution is 2.28. The molecule has 0 bridgehead atoms. The number of rotatable bonds is 7. The van der Waals surface area contributed by atoms with Crippen molar-refractivity contribution in [3.05, 3.63) is 35.9 Å². The molecule has 1 aromatic rings. The van der Waals surface area contributed by atoms with E-state index in [1.165, 1.54) is 0 Å². The third kappa shape index (κ3) is 6.80. The lowest BCUT2D eigenvalue weighted by atomic mass is 9.91. The van der Waals surface area contributed by atoms with E-state index in [4.69, 9.17) is 9.57 Å². The molecular formula is C21H32N2O5. The molecule has 1 aromatic carbocycles. The molecule has 2 unspecified atom stereocenters. The highest BCUT2D eigenvalue weighted by Gasteiger charge is 2.44. The normalized spacial score (nSPS) is 21.5. The van der Waals surface area contributed by atoms with Gasteiger partial charge in [0.2, 0.25) is 0 Å². The van der Waals surface area contributed by atoms with Crippen LogP contribution in [0.2, 0.25) is 0 Å². The minimum absolute atomic E-state index is 0.251. The van der Waals surface area contributed by atoms with Crippen molar-refractivity contribution in [2.45, 2.75) is 65.3 Å². The SMILES string of the molecule is CC(C)C[C@H](NC(=O)OC(C)(C)C)C1ON(Cc2ccccc2)CC1C(=O)O. The Morgan fingerprint density at radius 2 is 1.93 bits per heavy atom. The standard InChI is InChI=1S/C21H32N2O5/c1-14(2)11-17(22-20(26)27-21(3,4)5)18-16(19(24)25)13-23(28-18)12-15-9-7-6-8-10-15/h6-10,14,16-18H,11-13H2,1-5H3,(H,22,26)(H,24,25)/t16?,17-,18?/m0/s1. The van der Waals surface area contributed by atoms with Gasteiger partial charge < -0.3 is 15.2 Å². The van der Waals surface area contributed by atoms with E-state index in [1.54, 1.807) is 25.8 Å². The molecule has 2 rings (SSSR count). The molecule has 2 N–H and O–H groups in total. The van der Waals surface area contributed by atoms with Crippen LogP contribution in [0.15, 0.2) is 30.3 Å². The van der Waals surface area contributed by atoms with Crippen LogP contribution in [0.5, 0.6) is 0 Å². The number of aliphatic carboxylic acids is 1. The Morgan fingerprint density at radius 3 is 2.46 bits per heavy atom. The lowest BCUT2D eigenvalue weighted by molar-refractivity contribution is -0.166. The molecule has 7 nitrogen and oxygen atoms in total. The van der Waals surface area contributed by atoms with Gasteiger partial charge in [0.25, 0.3) is 0 Å². The smallest absolute Gasteiger partial charge is 0.407 e. The number of hydrogen-bond donors (Lipinski definition) is 2. The predicted octanol–water partition coefficient (Wildman–Crippen LogP) is 3.44. The van der Waals surface area contributed by atoms with Gasteiger partial charge in [-0.25, -0.2) is 4.79 Å². The zero-order valence-electron chi connectivity index (χ0n) is 17.3. The highest BCUT2D eigenvalue weighted by molar-refractivity contribution is 5.72. The van der Waals surface area contributed by atoms with Gasteiger partial charge in [0.1, 0.15) is 17.6 Å². The zero-order valence-corrected chi connectivity index (χ0v) is 17.3. The molecule has 3 atom stereocenters. The first-order valence-electron chi connectivity index (χ1n) is 9.73. The van der Waals surface area contributed by atoms with Gasteiger partial charge in [-0.1, -0.05) is 44.2 Å². The number of hydrogen-bond acceptors (Lipinski definition) is 5. The number of amides is 1. The second kappa shape index (κ2) is 9.39. The summed E-state index contributed by atoms with van der Waals surface area (Å²) >= 11 is 0. The van der Waals surface area contributed by atoms with E-state index in [-0.39, 0.29) is 12.5 Å². The van der Waals surface area contributed by atoms with Crippen LogP contribution in [0.25, 0.3) is 0 Å². The Morgan fingerprint density at radius 1 is 1.29 bits per heavy atom. The fraction of sp³-hybridized carbons (Fsp3) is 0.619. The van der Waals surface area contributed by atoms with E-state index in [2.05, 4.69) is 5.32 Å². The summed E-state index contributed by atoms with van der Waals surface area (Å²) in [5, 5.41) is 14.2. The quantitative estimate of drug-likeness (QED) is 0.739. The minimum atomic E-state index is -0.930. The van der Waals surface area contributed by atoms with Crippen molar-refractivity contribution in [3.8, 4) is 0 Å². The summed E-state index contributed by atoms with van der Waals surface area (Å²) in [6.07, 6.45) is -0.629. The fourth-order valence-electron chi connectivity index (χ4n) is 3.32. The maximum absolute atomic E-state index is 12.3. The van der Waals surface area contributed by atoms with Crippen LogP contribution >= 0.6 is 0 Å². The molecule has 7 heteroatoms. The molecule has 0 spiro atoms. The molecule has 1 saturated heterocycles. The Balaban J connectivity index is 2.14. The van der Waals surface area contributed by atoms with Crippen LogP contribution in [-0.4, -0.2) is 46.5 Å². The summed E-state index contributed by atoms with van der Waals surface area (Å²) < 4.78 is 5.36. The van der Waals surface area contributed by atoms with E-state index in [9.17, 15) is 14.7 Å². The monoisotopic (exact) mass is 392 g/mol. The summed E-state index contributed by atoms with van der Waals surface area (Å²) in [5.74, 6) is -1.41. The van der Waals surface area contributed by atoms with Gasteiger partial charge in [-0.15, -0.1) is 0 Å². The van der Waals surface area contributed by atoms with Crippen molar-refractivity contribution in [1.82, 2.24) is 10.4 Å². The molecule has 1 heterocycles. The number of benzene rings is 1. The van der Waals surface area contributed by atoms with Crippen molar-refractivity contribution in [2.75, 3.05) is 6.54 Å². The van der Waals surface area contributed by atoms with Crippen LogP contribution in [0.1, 0.15) is 46.6 Å². The average molecular weight is 392 g/mol. The highest BCUT2D eigenvalue weighted by atomic mass is 16.7. The number of ether oxygens (including phenoxy) is 1. The summed E-state index contributed by atoms with van der Waals surface area (Å²) in [6.45, 7) is 10.2. The van der Waals surface area contributed by atoms with E-state index in [0.717, 1.165) is 5.56 Å². The van der Waals surface area contributed by atoms with Gasteiger partial charge >= 0.3 is 12.1 Å². The summed E-state index contributed by atoms with van der Waals surface area (Å²) in [5.41, 5.74) is 0.405. The van der Waals surface area contributed by atoms with Gasteiger partial charge in [0, 0.05) is 13.1 Å². The first-order chi connectivity index (χ1) is 13.0. The number of nitrogens with one attached hydrogen (secondary N) is 1. The van der Waals surface area contributed by atoms with E-state index in [1.807, 2.05) is 44.2 Å². The summed E-state index contributed by atoms with van der Waals surface area (Å²) in [7, 11) is 0. The molecule has 0 saturated carbocycles. The van der Waals surface area contributed by atoms with Crippen molar-refractivity contribution >= 4 is 12.1 Å². The third-order valence-electron chi connectivity index (χ3n) is 4.41. The topological polar surface area (TPSA) is 88.1 Å². The van der Waals surface area contributed by atoms with Gasteiger partial charge in [0.05, 0.1) is 6.04 Å². The number of alkyl carbamates (subject to hydrolysis) is 1. The Bertz CT molecular complexity index is 657. The zero-order chi connectivity index (χ0) is 20.9. The first kappa shape index (κ1) is 22.2. The molecule has 0 aromatic heterocycles. The number of carbonyl (C=O) groups excluding carboxylic acids is 1. The van der Waals surface area contributed by atoms with Crippen LogP contribution in [0.4, 0.5) is 4.79 Å². The van der Waals surface area contributed by atoms with Crippen LogP contribution in [0, 0.1) is 11.8 Å². The first-order valence-corrected chi connectivity index (χ1v) is 9.73. The van der Waals surface area contributed by atoms with E-state index >= 15 is 0 Å². The van der Waals surface area contributed by atoms with E-state index in [0.29, 0.717) is 13.0 Å². The Kier molecular flexibility index (Phi) is 7.43. The van der Waals surface area contributed by atoms with Crippen molar-refractivity contribution in [2.24, 2.45) is 11.8 Å². The van der Waals surface area contributed by atoms with E-state index < -0.39 is 35.7 Å². The largest absolute Gasteiger partial charge is 0.481 e. The second-order valence-corrected chi connectivity index (χ2v) is 8.71. The molecule has 28 heavy (non-hydrogen) atoms. The molecule has 1 amide bonds. The van der Waals surface area contributed by atoms with Crippen molar-refractivity contribution in [1.29, 1.82) is 0 Å². The number of carboxylic acid groups (broad SMARTS) is 1. The third-order valence-corrected chi connectivity index (χ3v) is 4.41. The van der Waals surface area contributed by atoms with Gasteiger partial charge in [-0.3, -0.25) is 9.63 Å². The lowest BCUT2D eigenvalue weighted by Crippen LogP contribution is -2.49. The molecular weight excluding hydrogens is 360 g/mol. The predicted molar refractivity (Wildman–Crippen MR) is 105 cm³/mol. The van der Waals surface area contributed by atoms with Crippen molar-refractivity contribution < 1.29 is 24.3 Å². The Labute approximate surface area is 167 Å². The average Bonchev–Trinajstić information content (AvgIpc) is 2.97. The maximum atomic E-state index is 12.3. The molecule has 0 radical (unpaired) electrons. The van der Waals surface area contributed by atoms with Gasteiger partial charge in [-0.2, -0.15) is 5.06 Å². The number of nitrogens with zero attached hydrogens (tertiary/aromatic N) is 1. The Hall–Kier alpha value is -2.12. The molecule has 0 aliphatic carbocycles. The number of hydroxylamine groups is 2. The van der Waals surface area contributed by atoms with Gasteiger partial charge in [-0.05, 0) is 38.7 Å². The van der Waals surface area contributed by atoms with Crippen LogP contribution < -0.4 is 5.32 Å². The molecule has 1 aliphatic rings. The molecule has 156 valence electrons. The van der Waals surface area contributed by atoms with Crippen LogP contribution in [-0.2, 0) is 20.9 Å². The summed E-state index contributed by atoms with van der Waals surface area (Å²) in [6, 6.07) is 9.28.